The van der Waals surface area contributed by atoms with Crippen molar-refractivity contribution in [3.05, 3.63) is 71.8 Å². The van der Waals surface area contributed by atoms with Gasteiger partial charge in [-0.3, -0.25) is 4.98 Å². The first-order chi connectivity index (χ1) is 21.1. The summed E-state index contributed by atoms with van der Waals surface area (Å²) >= 11 is 2.81. The average Bonchev–Trinajstić information content (AvgIpc) is 3.52. The van der Waals surface area contributed by atoms with Gasteiger partial charge in [0, 0.05) is 40.9 Å². The van der Waals surface area contributed by atoms with E-state index in [1.165, 1.54) is 29.5 Å². The van der Waals surface area contributed by atoms with Gasteiger partial charge in [-0.25, -0.2) is 15.0 Å². The van der Waals surface area contributed by atoms with Crippen LogP contribution in [0.3, 0.4) is 0 Å². The maximum atomic E-state index is 10.0. The van der Waals surface area contributed by atoms with Crippen molar-refractivity contribution in [3.63, 3.8) is 0 Å². The highest BCUT2D eigenvalue weighted by Crippen LogP contribution is 2.42. The minimum atomic E-state index is -1.04. The van der Waals surface area contributed by atoms with E-state index in [1.807, 2.05) is 42.6 Å². The SMILES string of the molecule is CCC(C)C(C)C(C)C(C)C(C)C(C)c1ncccc1Oc1cc(Sc2ccccn2)cnc1Nc1nc(C(O)CO)cs1. The lowest BCUT2D eigenvalue weighted by Crippen LogP contribution is -2.28. The van der Waals surface area contributed by atoms with Gasteiger partial charge in [0.2, 0.25) is 0 Å². The van der Waals surface area contributed by atoms with Crippen molar-refractivity contribution in [2.75, 3.05) is 11.9 Å². The molecule has 4 aromatic heterocycles. The van der Waals surface area contributed by atoms with Crippen molar-refractivity contribution in [3.8, 4) is 11.5 Å². The Labute approximate surface area is 269 Å². The number of anilines is 2. The van der Waals surface area contributed by atoms with Crippen LogP contribution >= 0.6 is 23.1 Å². The van der Waals surface area contributed by atoms with E-state index in [4.69, 9.17) is 14.7 Å². The lowest BCUT2D eigenvalue weighted by molar-refractivity contribution is 0.0928. The molecule has 0 aliphatic heterocycles. The summed E-state index contributed by atoms with van der Waals surface area (Å²) in [7, 11) is 0. The standard InChI is InChI=1S/C34H45N5O3S2/c1-8-20(2)21(3)22(4)23(5)24(6)25(7)32-29(12-11-15-36-32)42-30-16-26(44-31-13-9-10-14-35-31)17-37-33(30)39-34-38-27(19-43-34)28(41)18-40/h9-17,19-25,28,40-41H,8,18H2,1-7H3,(H,37,38,39). The highest BCUT2D eigenvalue weighted by molar-refractivity contribution is 7.99. The highest BCUT2D eigenvalue weighted by Gasteiger charge is 2.31. The lowest BCUT2D eigenvalue weighted by atomic mass is 9.70. The van der Waals surface area contributed by atoms with Crippen molar-refractivity contribution in [2.45, 2.75) is 76.8 Å². The maximum absolute atomic E-state index is 10.0. The van der Waals surface area contributed by atoms with Gasteiger partial charge in [0.25, 0.3) is 0 Å². The molecule has 0 saturated carbocycles. The van der Waals surface area contributed by atoms with Crippen molar-refractivity contribution in [2.24, 2.45) is 29.6 Å². The fourth-order valence-electron chi connectivity index (χ4n) is 5.38. The van der Waals surface area contributed by atoms with Crippen molar-refractivity contribution < 1.29 is 14.9 Å². The topological polar surface area (TPSA) is 113 Å². The number of hydrogen-bond donors (Lipinski definition) is 3. The molecule has 44 heavy (non-hydrogen) atoms. The van der Waals surface area contributed by atoms with E-state index in [0.29, 0.717) is 57.7 Å². The predicted molar refractivity (Wildman–Crippen MR) is 179 cm³/mol. The number of aliphatic hydroxyl groups excluding tert-OH is 2. The summed E-state index contributed by atoms with van der Waals surface area (Å²) < 4.78 is 6.65. The monoisotopic (exact) mass is 635 g/mol. The highest BCUT2D eigenvalue weighted by atomic mass is 32.2. The molecular weight excluding hydrogens is 591 g/mol. The first-order valence-corrected chi connectivity index (χ1v) is 17.0. The minimum Gasteiger partial charge on any atom is -0.451 e. The van der Waals surface area contributed by atoms with E-state index < -0.39 is 12.7 Å². The molecule has 0 amide bonds. The van der Waals surface area contributed by atoms with Gasteiger partial charge < -0.3 is 20.3 Å². The zero-order chi connectivity index (χ0) is 31.8. The third-order valence-electron chi connectivity index (χ3n) is 9.22. The number of pyridine rings is 3. The zero-order valence-electron chi connectivity index (χ0n) is 26.6. The molecule has 236 valence electrons. The molecule has 0 radical (unpaired) electrons. The molecule has 0 aliphatic rings. The van der Waals surface area contributed by atoms with Crippen LogP contribution < -0.4 is 10.1 Å². The van der Waals surface area contributed by atoms with Crippen LogP contribution in [0.1, 0.15) is 78.3 Å². The van der Waals surface area contributed by atoms with Gasteiger partial charge in [-0.05, 0) is 53.9 Å². The van der Waals surface area contributed by atoms with Gasteiger partial charge in [-0.2, -0.15) is 0 Å². The van der Waals surface area contributed by atoms with Crippen molar-refractivity contribution in [1.29, 1.82) is 0 Å². The lowest BCUT2D eigenvalue weighted by Gasteiger charge is -2.36. The Balaban J connectivity index is 1.64. The van der Waals surface area contributed by atoms with Crippen LogP contribution in [0.25, 0.3) is 0 Å². The third kappa shape index (κ3) is 8.35. The minimum absolute atomic E-state index is 0.157. The summed E-state index contributed by atoms with van der Waals surface area (Å²) in [6, 6.07) is 11.6. The number of aromatic nitrogens is 4. The number of aliphatic hydroxyl groups is 2. The van der Waals surface area contributed by atoms with Gasteiger partial charge in [-0.15, -0.1) is 11.3 Å². The summed E-state index contributed by atoms with van der Waals surface area (Å²) in [5.74, 6) is 4.60. The van der Waals surface area contributed by atoms with Crippen LogP contribution in [0, 0.1) is 29.6 Å². The Morgan fingerprint density at radius 1 is 0.909 bits per heavy atom. The Morgan fingerprint density at radius 3 is 2.36 bits per heavy atom. The largest absolute Gasteiger partial charge is 0.451 e. The fraction of sp³-hybridized carbons (Fsp3) is 0.471. The molecule has 0 bridgehead atoms. The molecular formula is C34H45N5O3S2. The third-order valence-corrected chi connectivity index (χ3v) is 10.9. The smallest absolute Gasteiger partial charge is 0.188 e. The molecule has 4 aromatic rings. The first-order valence-electron chi connectivity index (χ1n) is 15.4. The summed E-state index contributed by atoms with van der Waals surface area (Å²) in [6.45, 7) is 15.9. The van der Waals surface area contributed by atoms with Crippen LogP contribution in [-0.2, 0) is 0 Å². The van der Waals surface area contributed by atoms with E-state index in [9.17, 15) is 10.2 Å². The van der Waals surface area contributed by atoms with E-state index in [-0.39, 0.29) is 5.92 Å². The second-order valence-corrected chi connectivity index (χ2v) is 13.7. The molecule has 7 atom stereocenters. The van der Waals surface area contributed by atoms with Crippen LogP contribution in [0.15, 0.2) is 70.3 Å². The van der Waals surface area contributed by atoms with Gasteiger partial charge in [-0.1, -0.05) is 72.7 Å². The molecule has 3 N–H and O–H groups in total. The molecule has 4 rings (SSSR count). The van der Waals surface area contributed by atoms with Gasteiger partial charge in [0.05, 0.1) is 18.0 Å². The van der Waals surface area contributed by atoms with E-state index >= 15 is 0 Å². The van der Waals surface area contributed by atoms with Crippen LogP contribution in [-0.4, -0.2) is 36.8 Å². The number of nitrogens with zero attached hydrogens (tertiary/aromatic N) is 4. The first kappa shape index (κ1) is 33.8. The van der Waals surface area contributed by atoms with E-state index in [2.05, 4.69) is 63.8 Å². The Hall–Kier alpha value is -3.05. The summed E-state index contributed by atoms with van der Waals surface area (Å²) in [6.07, 6.45) is 5.51. The molecule has 7 unspecified atom stereocenters. The van der Waals surface area contributed by atoms with Gasteiger partial charge >= 0.3 is 0 Å². The Kier molecular flexibility index (Phi) is 12.1. The molecule has 0 saturated heterocycles. The van der Waals surface area contributed by atoms with E-state index in [0.717, 1.165) is 15.6 Å². The molecule has 0 aromatic carbocycles. The van der Waals surface area contributed by atoms with Gasteiger partial charge in [0.15, 0.2) is 16.7 Å². The van der Waals surface area contributed by atoms with Crippen LogP contribution in [0.2, 0.25) is 0 Å². The summed E-state index contributed by atoms with van der Waals surface area (Å²) in [4.78, 5) is 19.3. The molecule has 8 nitrogen and oxygen atoms in total. The maximum Gasteiger partial charge on any atom is 0.188 e. The molecule has 0 aliphatic carbocycles. The van der Waals surface area contributed by atoms with Crippen molar-refractivity contribution in [1.82, 2.24) is 19.9 Å². The van der Waals surface area contributed by atoms with Crippen LogP contribution in [0.4, 0.5) is 10.9 Å². The normalized spacial score (nSPS) is 16.4. The van der Waals surface area contributed by atoms with Gasteiger partial charge in [0.1, 0.15) is 16.9 Å². The summed E-state index contributed by atoms with van der Waals surface area (Å²) in [5.41, 5.74) is 1.31. The molecule has 4 heterocycles. The second kappa shape index (κ2) is 15.8. The number of hydrogen-bond acceptors (Lipinski definition) is 10. The van der Waals surface area contributed by atoms with Crippen LogP contribution in [0.5, 0.6) is 11.5 Å². The predicted octanol–water partition coefficient (Wildman–Crippen LogP) is 8.73. The summed E-state index contributed by atoms with van der Waals surface area (Å²) in [5, 5.41) is 25.7. The average molecular weight is 636 g/mol. The molecule has 0 spiro atoms. The number of thiazole rings is 1. The second-order valence-electron chi connectivity index (χ2n) is 11.8. The van der Waals surface area contributed by atoms with Crippen molar-refractivity contribution >= 4 is 34.0 Å². The Morgan fingerprint density at radius 2 is 1.66 bits per heavy atom. The number of ether oxygens (including phenoxy) is 1. The number of nitrogens with one attached hydrogen (secondary N) is 1. The fourth-order valence-corrected chi connectivity index (χ4v) is 6.90. The van der Waals surface area contributed by atoms with E-state index in [1.54, 1.807) is 17.8 Å². The quantitative estimate of drug-likeness (QED) is 0.118. The molecule has 10 heteroatoms. The number of rotatable bonds is 15. The zero-order valence-corrected chi connectivity index (χ0v) is 28.3. The molecule has 0 fully saturated rings. The Bertz CT molecular complexity index is 1470.